The molecule has 0 heterocycles. The average Bonchev–Trinajstić information content (AvgIpc) is 3.72. The molecular weight excluding hydrogens is 1060 g/mol. The molecule has 0 radical (unpaired) electrons. The quantitative estimate of drug-likeness (QED) is 0.0955. The van der Waals surface area contributed by atoms with Gasteiger partial charge in [-0.1, -0.05) is 132 Å². The molecule has 390 valence electrons. The average molecular weight is 1120 g/mol. The van der Waals surface area contributed by atoms with Crippen molar-refractivity contribution in [2.45, 2.75) is 138 Å². The van der Waals surface area contributed by atoms with Crippen LogP contribution in [0.5, 0.6) is 11.5 Å². The predicted molar refractivity (Wildman–Crippen MR) is 275 cm³/mol. The molecule has 1 unspecified atom stereocenters. The van der Waals surface area contributed by atoms with Crippen molar-refractivity contribution >= 4 is 52.7 Å². The van der Waals surface area contributed by atoms with Crippen LogP contribution in [0.2, 0.25) is 10.0 Å². The van der Waals surface area contributed by atoms with Crippen LogP contribution in [0, 0.1) is 58.2 Å². The van der Waals surface area contributed by atoms with E-state index in [1.54, 1.807) is 12.1 Å². The van der Waals surface area contributed by atoms with Crippen molar-refractivity contribution in [1.29, 1.82) is 0 Å². The van der Waals surface area contributed by atoms with Gasteiger partial charge in [0.1, 0.15) is 24.7 Å². The summed E-state index contributed by atoms with van der Waals surface area (Å²) >= 11 is 13.7. The van der Waals surface area contributed by atoms with E-state index in [1.807, 2.05) is 6.08 Å². The van der Waals surface area contributed by atoms with E-state index in [0.717, 1.165) is 54.8 Å². The van der Waals surface area contributed by atoms with Crippen molar-refractivity contribution in [2.24, 2.45) is 58.2 Å². The van der Waals surface area contributed by atoms with Gasteiger partial charge in [-0.3, -0.25) is 0 Å². The Morgan fingerprint density at radius 3 is 1.58 bits per heavy atom. The fraction of sp³-hybridized carbons (Fsp3) is 0.508. The van der Waals surface area contributed by atoms with Crippen molar-refractivity contribution in [3.8, 4) is 11.5 Å². The normalized spacial score (nSPS) is 24.4. The molecule has 0 aromatic heterocycles. The molecule has 4 aliphatic rings. The molecule has 4 saturated carbocycles. The third-order valence-electron chi connectivity index (χ3n) is 18.2. The fourth-order valence-electron chi connectivity index (χ4n) is 14.4. The van der Waals surface area contributed by atoms with Gasteiger partial charge in [-0.25, -0.2) is 0 Å². The second-order valence-corrected chi connectivity index (χ2v) is 23.6. The van der Waals surface area contributed by atoms with Crippen molar-refractivity contribution in [3.05, 3.63) is 133 Å². The minimum absolute atomic E-state index is 0. The molecule has 4 aliphatic carbocycles. The van der Waals surface area contributed by atoms with E-state index in [2.05, 4.69) is 34.6 Å². The van der Waals surface area contributed by atoms with Gasteiger partial charge >= 0.3 is 118 Å². The molecule has 10 nitrogen and oxygen atoms in total. The van der Waals surface area contributed by atoms with Crippen molar-refractivity contribution in [1.82, 2.24) is 0 Å². The molecule has 4 aromatic rings. The molecule has 77 heavy (non-hydrogen) atoms. The summed E-state index contributed by atoms with van der Waals surface area (Å²) in [7, 11) is 0. The molecule has 0 N–H and O–H groups in total. The van der Waals surface area contributed by atoms with Crippen molar-refractivity contribution < 1.29 is 167 Å². The first kappa shape index (κ1) is 68.2. The molecule has 4 fully saturated rings. The number of benzene rings is 4. The maximum atomic E-state index is 12.8. The molecule has 16 heteroatoms. The molecule has 0 saturated heterocycles. The number of aromatic carboxylic acids is 4. The maximum absolute atomic E-state index is 12.8. The van der Waals surface area contributed by atoms with Gasteiger partial charge in [-0.15, -0.1) is 0 Å². The van der Waals surface area contributed by atoms with E-state index in [0.29, 0.717) is 56.9 Å². The molecule has 0 bridgehead atoms. The SMILES string of the molecule is CC(C)CCC[C@@H](C)[C@H]1CC[C@H]2[C@@H]3CCC4C[C@@H](CCC=C(c5cc(Cl)c(OCc6ccc(C(=O)[O-])cc6)c(C(=O)[O-])c5)c5cc(Cl)c(OCc6ccc(C(=O)[O-])cc6)c(C(=O)[O-])c5)CC[C@]4(C)[C@H]3CC[C@]12C.[Na+].[Na+].[Na+].[Na+]. The first-order valence-electron chi connectivity index (χ1n) is 26.4. The van der Waals surface area contributed by atoms with E-state index in [1.165, 1.54) is 125 Å². The minimum Gasteiger partial charge on any atom is -0.545 e. The van der Waals surface area contributed by atoms with Crippen LogP contribution in [0.3, 0.4) is 0 Å². The van der Waals surface area contributed by atoms with Gasteiger partial charge in [0.05, 0.1) is 33.9 Å². The number of carbonyl (C=O) groups excluding carboxylic acids is 4. The van der Waals surface area contributed by atoms with Crippen LogP contribution in [-0.2, 0) is 13.2 Å². The summed E-state index contributed by atoms with van der Waals surface area (Å²) in [4.78, 5) is 48.2. The third-order valence-corrected chi connectivity index (χ3v) is 18.8. The van der Waals surface area contributed by atoms with Crippen LogP contribution in [0.4, 0.5) is 0 Å². The minimum atomic E-state index is -1.56. The molecule has 0 aliphatic heterocycles. The smallest absolute Gasteiger partial charge is 0.545 e. The Morgan fingerprint density at radius 1 is 0.610 bits per heavy atom. The van der Waals surface area contributed by atoms with Gasteiger partial charge in [0.15, 0.2) is 0 Å². The van der Waals surface area contributed by atoms with Crippen LogP contribution in [-0.4, -0.2) is 23.9 Å². The van der Waals surface area contributed by atoms with Crippen LogP contribution in [0.25, 0.3) is 5.57 Å². The molecule has 0 spiro atoms. The van der Waals surface area contributed by atoms with Gasteiger partial charge in [0.2, 0.25) is 0 Å². The monoisotopic (exact) mass is 1120 g/mol. The Morgan fingerprint density at radius 2 is 1.10 bits per heavy atom. The van der Waals surface area contributed by atoms with E-state index in [-0.39, 0.29) is 175 Å². The maximum Gasteiger partial charge on any atom is 1.00 e. The van der Waals surface area contributed by atoms with Gasteiger partial charge in [-0.05, 0) is 192 Å². The summed E-state index contributed by atoms with van der Waals surface area (Å²) in [5.41, 5.74) is 2.34. The topological polar surface area (TPSA) is 179 Å². The van der Waals surface area contributed by atoms with Crippen LogP contribution in [0.1, 0.15) is 188 Å². The summed E-state index contributed by atoms with van der Waals surface area (Å²) < 4.78 is 11.9. The van der Waals surface area contributed by atoms with E-state index >= 15 is 0 Å². The van der Waals surface area contributed by atoms with Crippen LogP contribution >= 0.6 is 23.2 Å². The summed E-state index contributed by atoms with van der Waals surface area (Å²) in [5, 5.41) is 48.1. The summed E-state index contributed by atoms with van der Waals surface area (Å²) in [6, 6.07) is 17.4. The van der Waals surface area contributed by atoms with E-state index in [4.69, 9.17) is 32.7 Å². The number of carboxylic acid groups (broad SMARTS) is 4. The number of carbonyl (C=O) groups is 4. The summed E-state index contributed by atoms with van der Waals surface area (Å²) in [6.07, 6.45) is 19.0. The number of carboxylic acids is 4. The number of fused-ring (bicyclic) bond motifs is 5. The van der Waals surface area contributed by atoms with Crippen LogP contribution < -0.4 is 148 Å². The molecule has 9 atom stereocenters. The number of hydrogen-bond donors (Lipinski definition) is 0. The predicted octanol–water partition coefficient (Wildman–Crippen LogP) is -1.43. The van der Waals surface area contributed by atoms with Gasteiger partial charge in [-0.2, -0.15) is 0 Å². The number of ether oxygens (including phenoxy) is 2. The summed E-state index contributed by atoms with van der Waals surface area (Å²) in [6.45, 7) is 12.2. The number of rotatable bonds is 20. The zero-order valence-electron chi connectivity index (χ0n) is 46.8. The second kappa shape index (κ2) is 29.8. The first-order chi connectivity index (χ1) is 34.8. The number of allylic oxidation sites excluding steroid dienone is 1. The van der Waals surface area contributed by atoms with Crippen molar-refractivity contribution in [3.63, 3.8) is 0 Å². The van der Waals surface area contributed by atoms with E-state index in [9.17, 15) is 39.6 Å². The van der Waals surface area contributed by atoms with Gasteiger partial charge in [0, 0.05) is 11.1 Å². The Bertz CT molecular complexity index is 2600. The molecular formula is C61H68Cl2Na4O10. The van der Waals surface area contributed by atoms with E-state index < -0.39 is 23.9 Å². The number of halogens is 2. The first-order valence-corrected chi connectivity index (χ1v) is 27.2. The third kappa shape index (κ3) is 15.7. The molecule has 4 aromatic carbocycles. The zero-order chi connectivity index (χ0) is 52.4. The fourth-order valence-corrected chi connectivity index (χ4v) is 14.9. The van der Waals surface area contributed by atoms with Crippen LogP contribution in [0.15, 0.2) is 78.9 Å². The second-order valence-electron chi connectivity index (χ2n) is 22.8. The Hall–Kier alpha value is -1.32. The molecule has 8 rings (SSSR count). The van der Waals surface area contributed by atoms with Gasteiger partial charge in [0.25, 0.3) is 0 Å². The standard InChI is InChI=1S/C61H72Cl2O10.4Na/c1-35(2)8-6-9-36(3)49-22-23-50-46-21-20-44-28-37(24-26-60(44,4)51(46)25-27-61(49,50)5)10-7-11-45(42-29-47(58(68)69)54(52(62)31-42)72-33-38-12-16-40(17-13-38)56(64)65)43-30-48(59(70)71)55(53(63)32-43)73-34-39-14-18-41(19-15-39)57(66)67;;;;/h11-19,29-32,35-37,44,46,49-51H,6-10,20-28,33-34H2,1-5H3,(H,64,65)(H,66,67)(H,68,69)(H,70,71);;;;/q;4*+1/p-4/t36-,37+,44?,46+,49-,50+,51+,60+,61-;;;;/m1..../s1. The van der Waals surface area contributed by atoms with Gasteiger partial charge < -0.3 is 49.1 Å². The Labute approximate surface area is 554 Å². The largest absolute Gasteiger partial charge is 1.00 e. The number of hydrogen-bond acceptors (Lipinski definition) is 10. The Kier molecular flexibility index (Phi) is 26.4. The van der Waals surface area contributed by atoms with Crippen molar-refractivity contribution in [2.75, 3.05) is 0 Å². The zero-order valence-corrected chi connectivity index (χ0v) is 56.3. The Balaban J connectivity index is 0.00000320. The molecule has 0 amide bonds. The summed E-state index contributed by atoms with van der Waals surface area (Å²) in [5.74, 6) is -0.180.